The van der Waals surface area contributed by atoms with E-state index in [1.165, 1.54) is 0 Å². The van der Waals surface area contributed by atoms with Crippen LogP contribution in [0.15, 0.2) is 30.3 Å². The fourth-order valence-electron chi connectivity index (χ4n) is 0.745. The molecule has 0 aliphatic rings. The maximum atomic E-state index is 11.2. The Kier molecular flexibility index (Phi) is 3.42. The van der Waals surface area contributed by atoms with E-state index in [4.69, 9.17) is 0 Å². The Morgan fingerprint density at radius 3 is 2.55 bits per heavy atom. The van der Waals surface area contributed by atoms with E-state index >= 15 is 0 Å². The maximum Gasteiger partial charge on any atom is 0.190 e. The largest absolute Gasteiger partial charge is 0.289 e. The Bertz CT molecular complexity index is 267. The van der Waals surface area contributed by atoms with Crippen molar-refractivity contribution in [2.24, 2.45) is 0 Å². The number of rotatable bonds is 2. The van der Waals surface area contributed by atoms with Crippen LogP contribution in [0, 0.1) is 0 Å². The van der Waals surface area contributed by atoms with E-state index in [-0.39, 0.29) is 5.78 Å². The Balaban J connectivity index is 2.86. The summed E-state index contributed by atoms with van der Waals surface area (Å²) in [6.45, 7) is 0. The lowest BCUT2D eigenvalue weighted by Gasteiger charge is -1.91. The molecular formula is C8H8OP2. The number of hydrogen-bond donors (Lipinski definition) is 0. The van der Waals surface area contributed by atoms with Crippen LogP contribution < -0.4 is 0 Å². The predicted molar refractivity (Wildman–Crippen MR) is 53.5 cm³/mol. The molecule has 0 amide bonds. The van der Waals surface area contributed by atoms with Crippen molar-refractivity contribution in [3.63, 3.8) is 0 Å². The standard InChI is InChI=1S/C8H8OP2/c9-8(6-11-10)7-4-2-1-3-5-7/h1-6H,10H2. The Morgan fingerprint density at radius 2 is 2.00 bits per heavy atom. The van der Waals surface area contributed by atoms with Gasteiger partial charge in [0.05, 0.1) is 0 Å². The van der Waals surface area contributed by atoms with Gasteiger partial charge in [0.15, 0.2) is 5.78 Å². The first kappa shape index (κ1) is 8.59. The molecule has 0 N–H and O–H groups in total. The van der Waals surface area contributed by atoms with E-state index in [1.54, 1.807) is 5.80 Å². The van der Waals surface area contributed by atoms with Crippen molar-refractivity contribution in [2.45, 2.75) is 0 Å². The third kappa shape index (κ3) is 2.54. The summed E-state index contributed by atoms with van der Waals surface area (Å²) in [6.07, 6.45) is 0. The number of hydrogen-bond acceptors (Lipinski definition) is 1. The minimum absolute atomic E-state index is 0.0854. The molecule has 1 nitrogen and oxygen atoms in total. The Morgan fingerprint density at radius 1 is 1.36 bits per heavy atom. The molecule has 0 radical (unpaired) electrons. The lowest BCUT2D eigenvalue weighted by atomic mass is 10.2. The van der Waals surface area contributed by atoms with Crippen LogP contribution in [-0.2, 0) is 0 Å². The summed E-state index contributed by atoms with van der Waals surface area (Å²) in [7, 11) is 3.40. The number of Topliss-reactive ketones (excluding diaryl/α,β-unsaturated/α-hetero) is 1. The van der Waals surface area contributed by atoms with Crippen LogP contribution in [-0.4, -0.2) is 11.6 Å². The van der Waals surface area contributed by atoms with Gasteiger partial charge < -0.3 is 0 Å². The molecule has 56 valence electrons. The molecule has 0 aromatic heterocycles. The molecule has 1 unspecified atom stereocenters. The van der Waals surface area contributed by atoms with Crippen LogP contribution in [0.5, 0.6) is 0 Å². The fraction of sp³-hybridized carbons (Fsp3) is 0. The average Bonchev–Trinajstić information content (AvgIpc) is 2.07. The third-order valence-electron chi connectivity index (χ3n) is 1.25. The van der Waals surface area contributed by atoms with Crippen LogP contribution in [0.1, 0.15) is 10.4 Å². The van der Waals surface area contributed by atoms with Gasteiger partial charge in [0.1, 0.15) is 0 Å². The van der Waals surface area contributed by atoms with Gasteiger partial charge >= 0.3 is 0 Å². The van der Waals surface area contributed by atoms with Crippen molar-refractivity contribution in [3.8, 4) is 0 Å². The molecule has 0 aliphatic heterocycles. The Hall–Kier alpha value is -0.510. The first-order chi connectivity index (χ1) is 5.34. The normalized spacial score (nSPS) is 10.3. The maximum absolute atomic E-state index is 11.2. The van der Waals surface area contributed by atoms with E-state index in [0.717, 1.165) is 13.5 Å². The second-order valence-electron chi connectivity index (χ2n) is 2.01. The van der Waals surface area contributed by atoms with Gasteiger partial charge in [0.2, 0.25) is 0 Å². The third-order valence-corrected chi connectivity index (χ3v) is 2.08. The lowest BCUT2D eigenvalue weighted by Crippen LogP contribution is -1.96. The molecule has 11 heavy (non-hydrogen) atoms. The zero-order valence-corrected chi connectivity index (χ0v) is 7.95. The van der Waals surface area contributed by atoms with Gasteiger partial charge in [-0.25, -0.2) is 0 Å². The van der Waals surface area contributed by atoms with Gasteiger partial charge in [-0.1, -0.05) is 47.2 Å². The highest BCUT2D eigenvalue weighted by Gasteiger charge is 1.97. The summed E-state index contributed by atoms with van der Waals surface area (Å²) in [6, 6.07) is 9.25. The first-order valence-electron chi connectivity index (χ1n) is 3.17. The van der Waals surface area contributed by atoms with Gasteiger partial charge in [-0.3, -0.25) is 4.79 Å². The molecule has 1 rings (SSSR count). The summed E-state index contributed by atoms with van der Waals surface area (Å²) in [5, 5.41) is 0. The van der Waals surface area contributed by atoms with Crippen LogP contribution in [0.3, 0.4) is 0 Å². The van der Waals surface area contributed by atoms with Crippen molar-refractivity contribution in [3.05, 3.63) is 35.9 Å². The summed E-state index contributed by atoms with van der Waals surface area (Å²) in [5.41, 5.74) is 0.752. The number of benzene rings is 1. The summed E-state index contributed by atoms with van der Waals surface area (Å²) >= 11 is 0. The van der Waals surface area contributed by atoms with Crippen molar-refractivity contribution in [2.75, 3.05) is 0 Å². The highest BCUT2D eigenvalue weighted by Crippen LogP contribution is 2.07. The predicted octanol–water partition coefficient (Wildman–Crippen LogP) is 2.41. The molecule has 1 aromatic carbocycles. The Labute approximate surface area is 69.7 Å². The van der Waals surface area contributed by atoms with Crippen molar-refractivity contribution in [1.82, 2.24) is 0 Å². The SMILES string of the molecule is O=C(C=PP)c1ccccc1. The van der Waals surface area contributed by atoms with Crippen LogP contribution >= 0.6 is 16.8 Å². The molecule has 0 heterocycles. The highest BCUT2D eigenvalue weighted by molar-refractivity contribution is 8.02. The molecule has 0 saturated heterocycles. The smallest absolute Gasteiger partial charge is 0.190 e. The first-order valence-corrected chi connectivity index (χ1v) is 5.75. The van der Waals surface area contributed by atoms with E-state index < -0.39 is 0 Å². The van der Waals surface area contributed by atoms with Crippen LogP contribution in [0.25, 0.3) is 0 Å². The number of ketones is 1. The van der Waals surface area contributed by atoms with Gasteiger partial charge in [-0.15, -0.1) is 0 Å². The second kappa shape index (κ2) is 4.38. The van der Waals surface area contributed by atoms with E-state index in [2.05, 4.69) is 8.93 Å². The zero-order chi connectivity index (χ0) is 8.10. The molecule has 1 atom stereocenters. The van der Waals surface area contributed by atoms with Crippen LogP contribution in [0.2, 0.25) is 0 Å². The molecule has 1 aromatic rings. The monoisotopic (exact) mass is 182 g/mol. The van der Waals surface area contributed by atoms with Gasteiger partial charge in [-0.05, 0) is 0 Å². The van der Waals surface area contributed by atoms with Crippen molar-refractivity contribution < 1.29 is 4.79 Å². The van der Waals surface area contributed by atoms with Crippen molar-refractivity contribution >= 4 is 28.4 Å². The number of carbonyl (C=O) groups excluding carboxylic acids is 1. The second-order valence-corrected chi connectivity index (χ2v) is 3.46. The molecule has 0 spiro atoms. The fourth-order valence-corrected chi connectivity index (χ4v) is 1.44. The highest BCUT2D eigenvalue weighted by atomic mass is 32.0. The van der Waals surface area contributed by atoms with Crippen molar-refractivity contribution in [1.29, 1.82) is 0 Å². The lowest BCUT2D eigenvalue weighted by molar-refractivity contribution is 0.107. The summed E-state index contributed by atoms with van der Waals surface area (Å²) < 4.78 is 0. The summed E-state index contributed by atoms with van der Waals surface area (Å²) in [5.74, 6) is 1.71. The molecule has 0 aliphatic carbocycles. The van der Waals surface area contributed by atoms with Gasteiger partial charge in [-0.2, -0.15) is 0 Å². The zero-order valence-electron chi connectivity index (χ0n) is 5.90. The number of carbonyl (C=O) groups is 1. The topological polar surface area (TPSA) is 17.1 Å². The van der Waals surface area contributed by atoms with Gasteiger partial charge in [0.25, 0.3) is 0 Å². The van der Waals surface area contributed by atoms with E-state index in [1.807, 2.05) is 30.3 Å². The quantitative estimate of drug-likeness (QED) is 0.507. The minimum Gasteiger partial charge on any atom is -0.289 e. The molecule has 0 saturated carbocycles. The van der Waals surface area contributed by atoms with E-state index in [9.17, 15) is 4.79 Å². The summed E-state index contributed by atoms with van der Waals surface area (Å²) in [4.78, 5) is 11.2. The minimum atomic E-state index is 0.0854. The molecular weight excluding hydrogens is 174 g/mol. The molecule has 3 heteroatoms. The molecule has 0 fully saturated rings. The molecule has 0 bridgehead atoms. The van der Waals surface area contributed by atoms with Gasteiger partial charge in [0, 0.05) is 11.4 Å². The average molecular weight is 182 g/mol. The van der Waals surface area contributed by atoms with Crippen LogP contribution in [0.4, 0.5) is 0 Å². The van der Waals surface area contributed by atoms with E-state index in [0.29, 0.717) is 0 Å².